The molecule has 0 spiro atoms. The van der Waals surface area contributed by atoms with Gasteiger partial charge in [-0.1, -0.05) is 36.4 Å². The second-order valence-electron chi connectivity index (χ2n) is 6.32. The molecule has 0 saturated carbocycles. The van der Waals surface area contributed by atoms with Crippen LogP contribution in [0.25, 0.3) is 0 Å². The minimum Gasteiger partial charge on any atom is -0.321 e. The summed E-state index contributed by atoms with van der Waals surface area (Å²) in [6, 6.07) is 16.8. The fourth-order valence-electron chi connectivity index (χ4n) is 3.36. The summed E-state index contributed by atoms with van der Waals surface area (Å²) in [7, 11) is 0. The lowest BCUT2D eigenvalue weighted by molar-refractivity contribution is 0.233. The Labute approximate surface area is 137 Å². The van der Waals surface area contributed by atoms with Crippen LogP contribution in [0.5, 0.6) is 0 Å². The van der Waals surface area contributed by atoms with E-state index in [2.05, 4.69) is 62.8 Å². The number of hydrazine groups is 1. The molecule has 2 aliphatic rings. The molecular formula is C19H22N4. The van der Waals surface area contributed by atoms with E-state index in [0.717, 1.165) is 44.8 Å². The molecule has 4 nitrogen and oxygen atoms in total. The van der Waals surface area contributed by atoms with Crippen molar-refractivity contribution in [1.82, 2.24) is 20.3 Å². The Bertz CT molecular complexity index is 681. The number of pyridine rings is 1. The van der Waals surface area contributed by atoms with Crippen molar-refractivity contribution in [3.63, 3.8) is 0 Å². The number of nitrogens with one attached hydrogen (secondary N) is 1. The van der Waals surface area contributed by atoms with Gasteiger partial charge >= 0.3 is 0 Å². The lowest BCUT2D eigenvalue weighted by Gasteiger charge is -2.27. The molecular weight excluding hydrogens is 284 g/mol. The molecule has 0 saturated heterocycles. The predicted molar refractivity (Wildman–Crippen MR) is 91.1 cm³/mol. The third-order valence-corrected chi connectivity index (χ3v) is 4.54. The third-order valence-electron chi connectivity index (χ3n) is 4.54. The average molecular weight is 306 g/mol. The molecule has 0 atom stereocenters. The lowest BCUT2D eigenvalue weighted by Crippen LogP contribution is -2.36. The third kappa shape index (κ3) is 3.44. The van der Waals surface area contributed by atoms with Crippen molar-refractivity contribution in [2.24, 2.45) is 0 Å². The van der Waals surface area contributed by atoms with Gasteiger partial charge in [0.15, 0.2) is 0 Å². The SMILES string of the molecule is c1ccc(CN2CC3=C(CN(Cc4ccccn4)CC3)N2)cc1. The fourth-order valence-corrected chi connectivity index (χ4v) is 3.36. The normalized spacial score (nSPS) is 18.8. The molecule has 0 unspecified atom stereocenters. The van der Waals surface area contributed by atoms with E-state index in [0.29, 0.717) is 0 Å². The molecule has 0 amide bonds. The summed E-state index contributed by atoms with van der Waals surface area (Å²) in [5.41, 5.74) is 9.07. The molecule has 2 aromatic rings. The summed E-state index contributed by atoms with van der Waals surface area (Å²) in [4.78, 5) is 6.91. The summed E-state index contributed by atoms with van der Waals surface area (Å²) in [5.74, 6) is 0. The van der Waals surface area contributed by atoms with Gasteiger partial charge in [0.25, 0.3) is 0 Å². The van der Waals surface area contributed by atoms with Gasteiger partial charge in [-0.25, -0.2) is 5.01 Å². The Kier molecular flexibility index (Phi) is 4.09. The molecule has 0 bridgehead atoms. The molecule has 4 heteroatoms. The highest BCUT2D eigenvalue weighted by Gasteiger charge is 2.26. The summed E-state index contributed by atoms with van der Waals surface area (Å²) in [5, 5.41) is 2.32. The summed E-state index contributed by atoms with van der Waals surface area (Å²) < 4.78 is 0. The van der Waals surface area contributed by atoms with Crippen LogP contribution in [0.15, 0.2) is 66.0 Å². The van der Waals surface area contributed by atoms with Crippen LogP contribution in [0.4, 0.5) is 0 Å². The van der Waals surface area contributed by atoms with Crippen molar-refractivity contribution >= 4 is 0 Å². The monoisotopic (exact) mass is 306 g/mol. The molecule has 2 aliphatic heterocycles. The first-order valence-corrected chi connectivity index (χ1v) is 8.25. The minimum absolute atomic E-state index is 0.929. The van der Waals surface area contributed by atoms with Gasteiger partial charge in [-0.3, -0.25) is 9.88 Å². The van der Waals surface area contributed by atoms with E-state index in [4.69, 9.17) is 0 Å². The first-order valence-electron chi connectivity index (χ1n) is 8.25. The van der Waals surface area contributed by atoms with Crippen molar-refractivity contribution in [2.75, 3.05) is 19.6 Å². The highest BCUT2D eigenvalue weighted by molar-refractivity contribution is 5.24. The Morgan fingerprint density at radius 3 is 2.65 bits per heavy atom. The van der Waals surface area contributed by atoms with Gasteiger partial charge in [0.2, 0.25) is 0 Å². The zero-order valence-corrected chi connectivity index (χ0v) is 13.3. The zero-order chi connectivity index (χ0) is 15.5. The molecule has 0 radical (unpaired) electrons. The highest BCUT2D eigenvalue weighted by atomic mass is 15.5. The first kappa shape index (κ1) is 14.4. The Hall–Kier alpha value is -2.17. The maximum Gasteiger partial charge on any atom is 0.0544 e. The highest BCUT2D eigenvalue weighted by Crippen LogP contribution is 2.24. The van der Waals surface area contributed by atoms with Crippen molar-refractivity contribution < 1.29 is 0 Å². The van der Waals surface area contributed by atoms with Gasteiger partial charge in [-0.05, 0) is 29.7 Å². The molecule has 23 heavy (non-hydrogen) atoms. The van der Waals surface area contributed by atoms with Crippen LogP contribution < -0.4 is 5.43 Å². The molecule has 4 rings (SSSR count). The van der Waals surface area contributed by atoms with E-state index in [-0.39, 0.29) is 0 Å². The number of hydrogen-bond acceptors (Lipinski definition) is 4. The van der Waals surface area contributed by atoms with E-state index in [1.54, 1.807) is 5.57 Å². The Morgan fingerprint density at radius 2 is 1.83 bits per heavy atom. The maximum atomic E-state index is 4.44. The largest absolute Gasteiger partial charge is 0.321 e. The average Bonchev–Trinajstić information content (AvgIpc) is 2.98. The van der Waals surface area contributed by atoms with Crippen LogP contribution in [0.3, 0.4) is 0 Å². The first-order chi connectivity index (χ1) is 11.4. The fraction of sp³-hybridized carbons (Fsp3) is 0.316. The number of nitrogens with zero attached hydrogens (tertiary/aromatic N) is 3. The van der Waals surface area contributed by atoms with Crippen LogP contribution >= 0.6 is 0 Å². The number of rotatable bonds is 4. The van der Waals surface area contributed by atoms with Crippen molar-refractivity contribution in [3.05, 3.63) is 77.3 Å². The van der Waals surface area contributed by atoms with Crippen LogP contribution in [-0.2, 0) is 13.1 Å². The molecule has 0 fully saturated rings. The second-order valence-corrected chi connectivity index (χ2v) is 6.32. The number of benzene rings is 1. The van der Waals surface area contributed by atoms with Gasteiger partial charge in [0.05, 0.1) is 5.69 Å². The molecule has 1 aromatic heterocycles. The number of aromatic nitrogens is 1. The topological polar surface area (TPSA) is 31.4 Å². The van der Waals surface area contributed by atoms with Crippen LogP contribution in [0, 0.1) is 0 Å². The Balaban J connectivity index is 1.35. The molecule has 1 N–H and O–H groups in total. The molecule has 3 heterocycles. The van der Waals surface area contributed by atoms with Gasteiger partial charge in [-0.15, -0.1) is 0 Å². The standard InChI is InChI=1S/C19H22N4/c1-2-6-16(7-3-1)12-23-13-17-9-11-22(15-19(17)21-23)14-18-8-4-5-10-20-18/h1-8,10,21H,9,11-15H2. The summed E-state index contributed by atoms with van der Waals surface area (Å²) in [6.07, 6.45) is 3.03. The smallest absolute Gasteiger partial charge is 0.0544 e. The van der Waals surface area contributed by atoms with E-state index in [9.17, 15) is 0 Å². The maximum absolute atomic E-state index is 4.44. The van der Waals surface area contributed by atoms with Crippen LogP contribution in [0.2, 0.25) is 0 Å². The van der Waals surface area contributed by atoms with Crippen molar-refractivity contribution in [2.45, 2.75) is 19.5 Å². The summed E-state index contributed by atoms with van der Waals surface area (Å²) >= 11 is 0. The van der Waals surface area contributed by atoms with Crippen LogP contribution in [-0.4, -0.2) is 34.5 Å². The Morgan fingerprint density at radius 1 is 0.957 bits per heavy atom. The zero-order valence-electron chi connectivity index (χ0n) is 13.3. The molecule has 118 valence electrons. The van der Waals surface area contributed by atoms with Gasteiger partial charge < -0.3 is 5.43 Å². The van der Waals surface area contributed by atoms with Gasteiger partial charge in [0.1, 0.15) is 0 Å². The van der Waals surface area contributed by atoms with Crippen molar-refractivity contribution in [3.8, 4) is 0 Å². The quantitative estimate of drug-likeness (QED) is 0.941. The summed E-state index contributed by atoms with van der Waals surface area (Å²) in [6.45, 7) is 5.04. The van der Waals surface area contributed by atoms with E-state index in [1.807, 2.05) is 12.3 Å². The van der Waals surface area contributed by atoms with Gasteiger partial charge in [-0.2, -0.15) is 0 Å². The van der Waals surface area contributed by atoms with E-state index in [1.165, 1.54) is 11.3 Å². The van der Waals surface area contributed by atoms with Crippen molar-refractivity contribution in [1.29, 1.82) is 0 Å². The minimum atomic E-state index is 0.929. The molecule has 0 aliphatic carbocycles. The second kappa shape index (κ2) is 6.52. The number of hydrogen-bond donors (Lipinski definition) is 1. The van der Waals surface area contributed by atoms with Crippen LogP contribution in [0.1, 0.15) is 17.7 Å². The van der Waals surface area contributed by atoms with E-state index < -0.39 is 0 Å². The molecule has 1 aromatic carbocycles. The van der Waals surface area contributed by atoms with Gasteiger partial charge in [0, 0.05) is 44.6 Å². The lowest BCUT2D eigenvalue weighted by atomic mass is 10.1. The predicted octanol–water partition coefficient (Wildman–Crippen LogP) is 2.56. The van der Waals surface area contributed by atoms with E-state index >= 15 is 0 Å².